The lowest BCUT2D eigenvalue weighted by atomic mass is 10.0. The Hall–Kier alpha value is -2.37. The van der Waals surface area contributed by atoms with Gasteiger partial charge in [0.1, 0.15) is 6.42 Å². The number of aliphatic carboxylic acids is 1. The minimum Gasteiger partial charge on any atom is -0.481 e. The molecule has 0 fully saturated rings. The molecule has 6 heteroatoms. The average molecular weight is 258 g/mol. The quantitative estimate of drug-likeness (QED) is 0.867. The first-order chi connectivity index (χ1) is 9.24. The Kier molecular flexibility index (Phi) is 2.91. The van der Waals surface area contributed by atoms with E-state index in [-0.39, 0.29) is 12.5 Å². The lowest BCUT2D eigenvalue weighted by Crippen LogP contribution is -2.24. The Morgan fingerprint density at radius 1 is 1.42 bits per heavy atom. The van der Waals surface area contributed by atoms with Crippen LogP contribution >= 0.6 is 0 Å². The number of carboxylic acid groups (broad SMARTS) is 1. The molecule has 0 amide bonds. The van der Waals surface area contributed by atoms with Crippen LogP contribution in [0.4, 0.5) is 5.95 Å². The molecule has 0 aliphatic carbocycles. The SMILES string of the molecule is O=C(O)Cc1nc2n(n1)C(c1ccccc1)CCN2. The third kappa shape index (κ3) is 2.29. The van der Waals surface area contributed by atoms with Gasteiger partial charge < -0.3 is 10.4 Å². The van der Waals surface area contributed by atoms with Crippen LogP contribution < -0.4 is 5.32 Å². The summed E-state index contributed by atoms with van der Waals surface area (Å²) in [5.41, 5.74) is 1.16. The molecule has 1 aromatic carbocycles. The highest BCUT2D eigenvalue weighted by Gasteiger charge is 2.24. The van der Waals surface area contributed by atoms with Crippen LogP contribution in [0.5, 0.6) is 0 Å². The minimum atomic E-state index is -0.917. The second-order valence-corrected chi connectivity index (χ2v) is 4.51. The lowest BCUT2D eigenvalue weighted by molar-refractivity contribution is -0.136. The fourth-order valence-corrected chi connectivity index (χ4v) is 2.34. The number of carbonyl (C=O) groups is 1. The first kappa shape index (κ1) is 11.7. The zero-order valence-electron chi connectivity index (χ0n) is 10.3. The van der Waals surface area contributed by atoms with Crippen molar-refractivity contribution in [2.75, 3.05) is 11.9 Å². The van der Waals surface area contributed by atoms with Gasteiger partial charge in [0.05, 0.1) is 6.04 Å². The number of carboxylic acids is 1. The van der Waals surface area contributed by atoms with Crippen LogP contribution in [0.25, 0.3) is 0 Å². The van der Waals surface area contributed by atoms with Crippen LogP contribution in [-0.2, 0) is 11.2 Å². The Balaban J connectivity index is 1.95. The number of anilines is 1. The fourth-order valence-electron chi connectivity index (χ4n) is 2.34. The summed E-state index contributed by atoms with van der Waals surface area (Å²) in [7, 11) is 0. The molecule has 1 atom stereocenters. The molecule has 1 unspecified atom stereocenters. The number of nitrogens with zero attached hydrogens (tertiary/aromatic N) is 3. The largest absolute Gasteiger partial charge is 0.481 e. The van der Waals surface area contributed by atoms with Crippen molar-refractivity contribution >= 4 is 11.9 Å². The van der Waals surface area contributed by atoms with Gasteiger partial charge in [-0.25, -0.2) is 4.68 Å². The summed E-state index contributed by atoms with van der Waals surface area (Å²) >= 11 is 0. The Morgan fingerprint density at radius 2 is 2.21 bits per heavy atom. The van der Waals surface area contributed by atoms with Crippen molar-refractivity contribution in [2.45, 2.75) is 18.9 Å². The van der Waals surface area contributed by atoms with Gasteiger partial charge in [-0.1, -0.05) is 30.3 Å². The molecule has 0 radical (unpaired) electrons. The van der Waals surface area contributed by atoms with Gasteiger partial charge in [-0.3, -0.25) is 4.79 Å². The van der Waals surface area contributed by atoms with Gasteiger partial charge in [-0.05, 0) is 12.0 Å². The number of hydrogen-bond acceptors (Lipinski definition) is 4. The molecular weight excluding hydrogens is 244 g/mol. The molecule has 2 N–H and O–H groups in total. The summed E-state index contributed by atoms with van der Waals surface area (Å²) in [5.74, 6) is 0.0772. The van der Waals surface area contributed by atoms with Crippen LogP contribution in [0.2, 0.25) is 0 Å². The number of aromatic nitrogens is 3. The summed E-state index contributed by atoms with van der Waals surface area (Å²) in [5, 5.41) is 16.3. The minimum absolute atomic E-state index is 0.118. The van der Waals surface area contributed by atoms with E-state index in [2.05, 4.69) is 27.5 Å². The average Bonchev–Trinajstić information content (AvgIpc) is 2.80. The van der Waals surface area contributed by atoms with Gasteiger partial charge in [0.25, 0.3) is 0 Å². The van der Waals surface area contributed by atoms with Crippen molar-refractivity contribution in [1.82, 2.24) is 14.8 Å². The van der Waals surface area contributed by atoms with E-state index < -0.39 is 5.97 Å². The third-order valence-corrected chi connectivity index (χ3v) is 3.16. The summed E-state index contributed by atoms with van der Waals surface area (Å²) in [6, 6.07) is 10.2. The van der Waals surface area contributed by atoms with Gasteiger partial charge in [0, 0.05) is 6.54 Å². The number of fused-ring (bicyclic) bond motifs is 1. The molecule has 1 aromatic heterocycles. The maximum Gasteiger partial charge on any atom is 0.311 e. The van der Waals surface area contributed by atoms with E-state index in [4.69, 9.17) is 5.11 Å². The van der Waals surface area contributed by atoms with E-state index in [9.17, 15) is 4.79 Å². The van der Waals surface area contributed by atoms with Gasteiger partial charge in [0.2, 0.25) is 5.95 Å². The molecular formula is C13H14N4O2. The number of nitrogens with one attached hydrogen (secondary N) is 1. The highest BCUT2D eigenvalue weighted by molar-refractivity contribution is 5.69. The maximum absolute atomic E-state index is 10.7. The van der Waals surface area contributed by atoms with Gasteiger partial charge in [0.15, 0.2) is 5.82 Å². The van der Waals surface area contributed by atoms with Crippen molar-refractivity contribution in [3.8, 4) is 0 Å². The second-order valence-electron chi connectivity index (χ2n) is 4.51. The van der Waals surface area contributed by atoms with E-state index >= 15 is 0 Å². The molecule has 1 aliphatic rings. The maximum atomic E-state index is 10.7. The Morgan fingerprint density at radius 3 is 2.95 bits per heavy atom. The fraction of sp³-hybridized carbons (Fsp3) is 0.308. The smallest absolute Gasteiger partial charge is 0.311 e. The zero-order valence-corrected chi connectivity index (χ0v) is 10.3. The molecule has 0 spiro atoms. The number of benzene rings is 1. The first-order valence-corrected chi connectivity index (χ1v) is 6.20. The van der Waals surface area contributed by atoms with Gasteiger partial charge in [-0.2, -0.15) is 10.1 Å². The Bertz CT molecular complexity index is 594. The van der Waals surface area contributed by atoms with Crippen molar-refractivity contribution in [3.63, 3.8) is 0 Å². The molecule has 0 saturated carbocycles. The monoisotopic (exact) mass is 258 g/mol. The van der Waals surface area contributed by atoms with Gasteiger partial charge in [-0.15, -0.1) is 0 Å². The Labute approximate surface area is 110 Å². The molecule has 2 aromatic rings. The van der Waals surface area contributed by atoms with Crippen molar-refractivity contribution < 1.29 is 9.90 Å². The molecule has 3 rings (SSSR count). The van der Waals surface area contributed by atoms with Crippen LogP contribution in [0, 0.1) is 0 Å². The van der Waals surface area contributed by atoms with Crippen LogP contribution in [0.3, 0.4) is 0 Å². The standard InChI is InChI=1S/C13H14N4O2/c18-12(19)8-11-15-13-14-7-6-10(17(13)16-11)9-4-2-1-3-5-9/h1-5,10H,6-8H2,(H,18,19)(H,14,15,16). The third-order valence-electron chi connectivity index (χ3n) is 3.16. The van der Waals surface area contributed by atoms with Crippen LogP contribution in [0.15, 0.2) is 30.3 Å². The number of hydrogen-bond donors (Lipinski definition) is 2. The van der Waals surface area contributed by atoms with Crippen LogP contribution in [-0.4, -0.2) is 32.4 Å². The molecule has 6 nitrogen and oxygen atoms in total. The van der Waals surface area contributed by atoms with Gasteiger partial charge >= 0.3 is 5.97 Å². The highest BCUT2D eigenvalue weighted by atomic mass is 16.4. The predicted octanol–water partition coefficient (Wildman–Crippen LogP) is 1.31. The summed E-state index contributed by atoms with van der Waals surface area (Å²) in [4.78, 5) is 14.9. The summed E-state index contributed by atoms with van der Waals surface area (Å²) in [6.07, 6.45) is 0.760. The van der Waals surface area contributed by atoms with E-state index in [0.717, 1.165) is 18.5 Å². The normalized spacial score (nSPS) is 17.6. The van der Waals surface area contributed by atoms with E-state index in [1.807, 2.05) is 18.2 Å². The zero-order chi connectivity index (χ0) is 13.2. The van der Waals surface area contributed by atoms with Crippen molar-refractivity contribution in [1.29, 1.82) is 0 Å². The predicted molar refractivity (Wildman–Crippen MR) is 69.0 cm³/mol. The molecule has 1 aliphatic heterocycles. The molecule has 98 valence electrons. The summed E-state index contributed by atoms with van der Waals surface area (Å²) in [6.45, 7) is 0.810. The molecule has 2 heterocycles. The van der Waals surface area contributed by atoms with E-state index in [1.54, 1.807) is 4.68 Å². The number of rotatable bonds is 3. The second kappa shape index (κ2) is 4.72. The molecule has 0 saturated heterocycles. The van der Waals surface area contributed by atoms with Crippen molar-refractivity contribution in [3.05, 3.63) is 41.7 Å². The van der Waals surface area contributed by atoms with E-state index in [0.29, 0.717) is 11.8 Å². The highest BCUT2D eigenvalue weighted by Crippen LogP contribution is 2.27. The lowest BCUT2D eigenvalue weighted by Gasteiger charge is -2.24. The first-order valence-electron chi connectivity index (χ1n) is 6.20. The van der Waals surface area contributed by atoms with E-state index in [1.165, 1.54) is 0 Å². The topological polar surface area (TPSA) is 80.0 Å². The summed E-state index contributed by atoms with van der Waals surface area (Å²) < 4.78 is 1.79. The van der Waals surface area contributed by atoms with Crippen LogP contribution in [0.1, 0.15) is 23.9 Å². The molecule has 0 bridgehead atoms. The molecule has 19 heavy (non-hydrogen) atoms. The van der Waals surface area contributed by atoms with Crippen molar-refractivity contribution in [2.24, 2.45) is 0 Å².